The van der Waals surface area contributed by atoms with Crippen LogP contribution in [0.2, 0.25) is 0 Å². The fraction of sp³-hybridized carbons (Fsp3) is 0.235. The first kappa shape index (κ1) is 17.4. The molecule has 0 spiro atoms. The van der Waals surface area contributed by atoms with Crippen molar-refractivity contribution in [2.24, 2.45) is 0 Å². The average Bonchev–Trinajstić information content (AvgIpc) is 3.11. The monoisotopic (exact) mass is 347 g/mol. The van der Waals surface area contributed by atoms with Gasteiger partial charge in [-0.2, -0.15) is 11.1 Å². The molecule has 0 aromatic heterocycles. The lowest BCUT2D eigenvalue weighted by molar-refractivity contribution is -0.121. The zero-order valence-corrected chi connectivity index (χ0v) is 13.6. The maximum atomic E-state index is 14.2. The lowest BCUT2D eigenvalue weighted by Gasteiger charge is -2.25. The molecule has 0 aliphatic carbocycles. The van der Waals surface area contributed by atoms with Crippen molar-refractivity contribution in [3.63, 3.8) is 0 Å². The van der Waals surface area contributed by atoms with Gasteiger partial charge in [0.25, 0.3) is 0 Å². The molecule has 25 heavy (non-hydrogen) atoms. The highest BCUT2D eigenvalue weighted by Gasteiger charge is 2.29. The van der Waals surface area contributed by atoms with Gasteiger partial charge in [-0.1, -0.05) is 29.8 Å². The van der Waals surface area contributed by atoms with E-state index in [0.29, 0.717) is 0 Å². The molecule has 8 heteroatoms. The van der Waals surface area contributed by atoms with Crippen LogP contribution < -0.4 is 27.2 Å². The highest BCUT2D eigenvalue weighted by molar-refractivity contribution is 5.79. The minimum Gasteiger partial charge on any atom is -0.346 e. The first-order valence-corrected chi connectivity index (χ1v) is 7.84. The Hall–Kier alpha value is -2.39. The van der Waals surface area contributed by atoms with Gasteiger partial charge in [-0.25, -0.2) is 19.6 Å². The lowest BCUT2D eigenvalue weighted by Crippen LogP contribution is -2.48. The van der Waals surface area contributed by atoms with Gasteiger partial charge >= 0.3 is 0 Å². The highest BCUT2D eigenvalue weighted by atomic mass is 19.1. The molecule has 0 bridgehead atoms. The average molecular weight is 347 g/mol. The minimum atomic E-state index is -0.823. The van der Waals surface area contributed by atoms with Crippen LogP contribution in [0.1, 0.15) is 22.7 Å². The van der Waals surface area contributed by atoms with Crippen LogP contribution in [0.5, 0.6) is 0 Å². The number of hydrogen-bond donors (Lipinski definition) is 5. The van der Waals surface area contributed by atoms with Crippen molar-refractivity contribution in [1.29, 1.82) is 0 Å². The Bertz CT molecular complexity index is 747. The summed E-state index contributed by atoms with van der Waals surface area (Å²) in [6, 6.07) is 9.89. The number of carbonyl (C=O) groups excluding carboxylic acids is 1. The molecule has 1 unspecified atom stereocenters. The number of carbonyl (C=O) groups is 1. The van der Waals surface area contributed by atoms with Gasteiger partial charge in [0.1, 0.15) is 17.8 Å². The third kappa shape index (κ3) is 4.37. The number of aryl methyl sites for hydroxylation is 1. The van der Waals surface area contributed by atoms with Crippen LogP contribution in [0, 0.1) is 18.6 Å². The number of hydrogen-bond acceptors (Lipinski definition) is 5. The van der Waals surface area contributed by atoms with E-state index in [1.165, 1.54) is 0 Å². The van der Waals surface area contributed by atoms with E-state index in [1.807, 2.05) is 31.2 Å². The van der Waals surface area contributed by atoms with E-state index < -0.39 is 23.8 Å². The summed E-state index contributed by atoms with van der Waals surface area (Å²) in [5.74, 6) is -1.47. The topological polar surface area (TPSA) is 77.2 Å². The summed E-state index contributed by atoms with van der Waals surface area (Å²) in [5.41, 5.74) is 12.8. The first-order chi connectivity index (χ1) is 12.0. The Kier molecular flexibility index (Phi) is 5.34. The van der Waals surface area contributed by atoms with Gasteiger partial charge in [-0.3, -0.25) is 4.79 Å². The van der Waals surface area contributed by atoms with Crippen molar-refractivity contribution in [3.8, 4) is 0 Å². The van der Waals surface area contributed by atoms with Crippen molar-refractivity contribution in [2.75, 3.05) is 0 Å². The molecule has 1 aliphatic rings. The van der Waals surface area contributed by atoms with Crippen LogP contribution in [0.3, 0.4) is 0 Å². The molecule has 1 heterocycles. The molecule has 3 rings (SSSR count). The Morgan fingerprint density at radius 2 is 1.80 bits per heavy atom. The number of nitrogens with one attached hydrogen (secondary N) is 5. The summed E-state index contributed by atoms with van der Waals surface area (Å²) in [4.78, 5) is 12.4. The Labute approximate surface area is 143 Å². The van der Waals surface area contributed by atoms with Gasteiger partial charge in [0.15, 0.2) is 0 Å². The second kappa shape index (κ2) is 7.66. The van der Waals surface area contributed by atoms with Crippen LogP contribution in [0.15, 0.2) is 42.5 Å². The molecule has 132 valence electrons. The van der Waals surface area contributed by atoms with E-state index in [2.05, 4.69) is 27.2 Å². The van der Waals surface area contributed by atoms with Crippen molar-refractivity contribution in [1.82, 2.24) is 27.2 Å². The first-order valence-electron chi connectivity index (χ1n) is 7.84. The normalized spacial score (nSPS) is 16.0. The second-order valence-corrected chi connectivity index (χ2v) is 5.89. The second-order valence-electron chi connectivity index (χ2n) is 5.89. The molecule has 1 fully saturated rings. The number of halogens is 2. The number of hydrazine groups is 3. The van der Waals surface area contributed by atoms with Crippen molar-refractivity contribution in [3.05, 3.63) is 70.8 Å². The lowest BCUT2D eigenvalue weighted by atomic mass is 10.0. The predicted molar refractivity (Wildman–Crippen MR) is 88.5 cm³/mol. The molecule has 1 atom stereocenters. The van der Waals surface area contributed by atoms with Crippen LogP contribution in [-0.4, -0.2) is 12.1 Å². The molecule has 5 N–H and O–H groups in total. The molecule has 2 aromatic carbocycles. The van der Waals surface area contributed by atoms with Crippen molar-refractivity contribution in [2.45, 2.75) is 25.6 Å². The van der Waals surface area contributed by atoms with Gasteiger partial charge < -0.3 is 5.32 Å². The van der Waals surface area contributed by atoms with E-state index in [1.54, 1.807) is 0 Å². The molecule has 1 aliphatic heterocycles. The minimum absolute atomic E-state index is 0.0488. The summed E-state index contributed by atoms with van der Waals surface area (Å²) < 4.78 is 27.7. The number of benzene rings is 2. The van der Waals surface area contributed by atoms with Gasteiger partial charge in [0, 0.05) is 5.56 Å². The number of rotatable bonds is 5. The van der Waals surface area contributed by atoms with Crippen molar-refractivity contribution < 1.29 is 13.6 Å². The highest BCUT2D eigenvalue weighted by Crippen LogP contribution is 2.21. The summed E-state index contributed by atoms with van der Waals surface area (Å²) in [6.45, 7) is 1.96. The fourth-order valence-electron chi connectivity index (χ4n) is 2.64. The third-order valence-electron chi connectivity index (χ3n) is 3.95. The molecule has 0 radical (unpaired) electrons. The van der Waals surface area contributed by atoms with Crippen molar-refractivity contribution >= 4 is 5.91 Å². The van der Waals surface area contributed by atoms with Crippen LogP contribution >= 0.6 is 0 Å². The van der Waals surface area contributed by atoms with E-state index >= 15 is 0 Å². The standard InChI is InChI=1S/C17H19F2N5O/c1-10-2-4-11(5-3-10)8-15(25)20-16(17-21-23-24-22-17)13-9-12(18)6-7-14(13)19/h2-7,9,16-17,21-24H,8H2,1H3,(H,20,25). The zero-order chi connectivity index (χ0) is 17.8. The van der Waals surface area contributed by atoms with Gasteiger partial charge in [0.2, 0.25) is 5.91 Å². The maximum Gasteiger partial charge on any atom is 0.225 e. The van der Waals surface area contributed by atoms with Gasteiger partial charge in [-0.15, -0.1) is 0 Å². The van der Waals surface area contributed by atoms with Gasteiger partial charge in [-0.05, 0) is 30.7 Å². The van der Waals surface area contributed by atoms with Gasteiger partial charge in [0.05, 0.1) is 12.5 Å². The molecule has 0 saturated carbocycles. The summed E-state index contributed by atoms with van der Waals surface area (Å²) in [6.07, 6.45) is -0.431. The quantitative estimate of drug-likeness (QED) is 0.560. The Morgan fingerprint density at radius 1 is 1.12 bits per heavy atom. The van der Waals surface area contributed by atoms with E-state index in [4.69, 9.17) is 0 Å². The van der Waals surface area contributed by atoms with Crippen LogP contribution in [0.25, 0.3) is 0 Å². The molecule has 1 amide bonds. The Balaban J connectivity index is 1.78. The SMILES string of the molecule is Cc1ccc(CC(=O)NC(c2cc(F)ccc2F)C2NNNN2)cc1. The smallest absolute Gasteiger partial charge is 0.225 e. The zero-order valence-electron chi connectivity index (χ0n) is 13.6. The van der Waals surface area contributed by atoms with Crippen LogP contribution in [0.4, 0.5) is 8.78 Å². The molecule has 2 aromatic rings. The molecular formula is C17H19F2N5O. The largest absolute Gasteiger partial charge is 0.346 e. The summed E-state index contributed by atoms with van der Waals surface area (Å²) in [7, 11) is 0. The molecule has 1 saturated heterocycles. The van der Waals surface area contributed by atoms with E-state index in [0.717, 1.165) is 29.3 Å². The van der Waals surface area contributed by atoms with Crippen LogP contribution in [-0.2, 0) is 11.2 Å². The summed E-state index contributed by atoms with van der Waals surface area (Å²) >= 11 is 0. The Morgan fingerprint density at radius 3 is 2.48 bits per heavy atom. The maximum absolute atomic E-state index is 14.2. The fourth-order valence-corrected chi connectivity index (χ4v) is 2.64. The van der Waals surface area contributed by atoms with E-state index in [-0.39, 0.29) is 17.9 Å². The molecular weight excluding hydrogens is 328 g/mol. The molecule has 6 nitrogen and oxygen atoms in total. The third-order valence-corrected chi connectivity index (χ3v) is 3.95. The van der Waals surface area contributed by atoms with E-state index in [9.17, 15) is 13.6 Å². The predicted octanol–water partition coefficient (Wildman–Crippen LogP) is 1.12. The summed E-state index contributed by atoms with van der Waals surface area (Å²) in [5, 5.41) is 2.76. The number of amides is 1.